The fourth-order valence-corrected chi connectivity index (χ4v) is 2.13. The Labute approximate surface area is 120 Å². The van der Waals surface area contributed by atoms with Gasteiger partial charge in [0.05, 0.1) is 0 Å². The molecular formula is C10H20KN. The second-order valence-corrected chi connectivity index (χ2v) is 3.63. The van der Waals surface area contributed by atoms with Crippen molar-refractivity contribution in [2.45, 2.75) is 45.1 Å². The van der Waals surface area contributed by atoms with Gasteiger partial charge in [0.1, 0.15) is 0 Å². The van der Waals surface area contributed by atoms with Gasteiger partial charge in [-0.3, -0.25) is 0 Å². The van der Waals surface area contributed by atoms with Crippen molar-refractivity contribution in [2.75, 3.05) is 13.6 Å². The summed E-state index contributed by atoms with van der Waals surface area (Å²) in [5.74, 6) is 0. The summed E-state index contributed by atoms with van der Waals surface area (Å²) in [5, 5.41) is 0. The number of likely N-dealkylation sites (tertiary alicyclic amines) is 1. The van der Waals surface area contributed by atoms with E-state index >= 15 is 0 Å². The number of piperidine rings is 1. The molecule has 0 aromatic heterocycles. The van der Waals surface area contributed by atoms with Crippen molar-refractivity contribution < 1.29 is 51.4 Å². The van der Waals surface area contributed by atoms with E-state index in [1.165, 1.54) is 32.2 Å². The average Bonchev–Trinajstić information content (AvgIpc) is 2.06. The molecule has 0 N–H and O–H groups in total. The third-order valence-corrected chi connectivity index (χ3v) is 3.32. The van der Waals surface area contributed by atoms with Crippen LogP contribution in [0.1, 0.15) is 39.5 Å². The minimum Gasteiger partial charge on any atom is -0.326 e. The molecule has 1 fully saturated rings. The van der Waals surface area contributed by atoms with Crippen LogP contribution in [-0.2, 0) is 0 Å². The van der Waals surface area contributed by atoms with Gasteiger partial charge in [-0.2, -0.15) is 12.8 Å². The molecule has 0 radical (unpaired) electrons. The molecular weight excluding hydrogens is 173 g/mol. The molecule has 0 saturated carbocycles. The fourth-order valence-electron chi connectivity index (χ4n) is 2.13. The Bertz CT molecular complexity index is 121. The largest absolute Gasteiger partial charge is 1.00 e. The molecule has 0 atom stereocenters. The zero-order valence-corrected chi connectivity index (χ0v) is 12.2. The smallest absolute Gasteiger partial charge is 0.326 e. The Morgan fingerprint density at radius 2 is 1.92 bits per heavy atom. The van der Waals surface area contributed by atoms with Crippen molar-refractivity contribution in [3.63, 3.8) is 0 Å². The van der Waals surface area contributed by atoms with Gasteiger partial charge in [0.25, 0.3) is 0 Å². The molecule has 0 spiro atoms. The second-order valence-electron chi connectivity index (χ2n) is 3.63. The molecule has 0 unspecified atom stereocenters. The van der Waals surface area contributed by atoms with Crippen LogP contribution in [0.5, 0.6) is 0 Å². The third-order valence-electron chi connectivity index (χ3n) is 3.32. The second kappa shape index (κ2) is 6.15. The van der Waals surface area contributed by atoms with E-state index in [1.54, 1.807) is 0 Å². The van der Waals surface area contributed by atoms with E-state index in [2.05, 4.69) is 32.2 Å². The predicted molar refractivity (Wildman–Crippen MR) is 49.5 cm³/mol. The normalized spacial score (nSPS) is 23.2. The van der Waals surface area contributed by atoms with E-state index < -0.39 is 0 Å². The molecule has 1 nitrogen and oxygen atoms in total. The van der Waals surface area contributed by atoms with Gasteiger partial charge in [-0.1, -0.05) is 13.8 Å². The first-order valence-corrected chi connectivity index (χ1v) is 4.78. The SMILES string of the molecule is CCC1(CC)C[CH-]CCN1C.[K+]. The molecule has 1 rings (SSSR count). The third kappa shape index (κ3) is 2.79. The minimum absolute atomic E-state index is 0. The van der Waals surface area contributed by atoms with Crippen LogP contribution < -0.4 is 51.4 Å². The van der Waals surface area contributed by atoms with Crippen LogP contribution in [0.15, 0.2) is 0 Å². The number of hydrogen-bond donors (Lipinski definition) is 0. The number of hydrogen-bond acceptors (Lipinski definition) is 1. The molecule has 66 valence electrons. The summed E-state index contributed by atoms with van der Waals surface area (Å²) >= 11 is 0. The molecule has 0 aromatic rings. The van der Waals surface area contributed by atoms with Crippen LogP contribution >= 0.6 is 0 Å². The molecule has 1 heterocycles. The first-order chi connectivity index (χ1) is 5.25. The minimum atomic E-state index is 0. The molecule has 0 amide bonds. The Morgan fingerprint density at radius 3 is 2.25 bits per heavy atom. The summed E-state index contributed by atoms with van der Waals surface area (Å²) < 4.78 is 0. The zero-order chi connectivity index (χ0) is 8.32. The summed E-state index contributed by atoms with van der Waals surface area (Å²) in [6.45, 7) is 5.86. The van der Waals surface area contributed by atoms with Crippen LogP contribution in [0.3, 0.4) is 0 Å². The Hall–Kier alpha value is 1.60. The van der Waals surface area contributed by atoms with E-state index in [0.717, 1.165) is 0 Å². The Morgan fingerprint density at radius 1 is 1.33 bits per heavy atom. The van der Waals surface area contributed by atoms with Gasteiger partial charge >= 0.3 is 51.4 Å². The van der Waals surface area contributed by atoms with Crippen molar-refractivity contribution in [3.8, 4) is 0 Å². The molecule has 0 bridgehead atoms. The van der Waals surface area contributed by atoms with Gasteiger partial charge in [-0.05, 0) is 32.0 Å². The van der Waals surface area contributed by atoms with Crippen molar-refractivity contribution in [3.05, 3.63) is 6.42 Å². The van der Waals surface area contributed by atoms with E-state index in [-0.39, 0.29) is 51.4 Å². The van der Waals surface area contributed by atoms with E-state index in [0.29, 0.717) is 5.54 Å². The molecule has 1 saturated heterocycles. The molecule has 1 aliphatic rings. The van der Waals surface area contributed by atoms with Crippen molar-refractivity contribution >= 4 is 0 Å². The van der Waals surface area contributed by atoms with Crippen LogP contribution in [-0.4, -0.2) is 24.0 Å². The standard InChI is InChI=1S/C10H20N.K/c1-4-10(5-2)8-6-7-9-11(10)3;/h6H,4-5,7-9H2,1-3H3;/q-1;+1. The summed E-state index contributed by atoms with van der Waals surface area (Å²) in [6, 6.07) is 0. The fraction of sp³-hybridized carbons (Fsp3) is 0.900. The molecule has 0 aliphatic carbocycles. The van der Waals surface area contributed by atoms with Crippen LogP contribution in [0.25, 0.3) is 0 Å². The summed E-state index contributed by atoms with van der Waals surface area (Å²) in [7, 11) is 2.26. The summed E-state index contributed by atoms with van der Waals surface area (Å²) in [6.07, 6.45) is 7.59. The van der Waals surface area contributed by atoms with Crippen LogP contribution in [0.2, 0.25) is 0 Å². The molecule has 12 heavy (non-hydrogen) atoms. The van der Waals surface area contributed by atoms with Crippen LogP contribution in [0.4, 0.5) is 0 Å². The Kier molecular flexibility index (Phi) is 6.97. The monoisotopic (exact) mass is 193 g/mol. The van der Waals surface area contributed by atoms with Gasteiger partial charge in [0.2, 0.25) is 0 Å². The van der Waals surface area contributed by atoms with Gasteiger partial charge in [0.15, 0.2) is 0 Å². The maximum Gasteiger partial charge on any atom is 1.00 e. The maximum atomic E-state index is 2.53. The van der Waals surface area contributed by atoms with Crippen molar-refractivity contribution in [2.24, 2.45) is 0 Å². The van der Waals surface area contributed by atoms with Gasteiger partial charge < -0.3 is 11.3 Å². The number of rotatable bonds is 2. The van der Waals surface area contributed by atoms with Crippen molar-refractivity contribution in [1.82, 2.24) is 4.90 Å². The topological polar surface area (TPSA) is 3.24 Å². The summed E-state index contributed by atoms with van der Waals surface area (Å²) in [5.41, 5.74) is 0.498. The predicted octanol–water partition coefficient (Wildman–Crippen LogP) is -0.521. The Balaban J connectivity index is 0.00000121. The number of nitrogens with zero attached hydrogens (tertiary/aromatic N) is 1. The van der Waals surface area contributed by atoms with Gasteiger partial charge in [0, 0.05) is 0 Å². The average molecular weight is 193 g/mol. The van der Waals surface area contributed by atoms with E-state index in [1.807, 2.05) is 0 Å². The molecule has 1 aliphatic heterocycles. The zero-order valence-electron chi connectivity index (χ0n) is 9.06. The molecule has 2 heteroatoms. The first-order valence-electron chi connectivity index (χ1n) is 4.78. The van der Waals surface area contributed by atoms with E-state index in [9.17, 15) is 0 Å². The van der Waals surface area contributed by atoms with Crippen molar-refractivity contribution in [1.29, 1.82) is 0 Å². The van der Waals surface area contributed by atoms with E-state index in [4.69, 9.17) is 0 Å². The first kappa shape index (κ1) is 13.6. The van der Waals surface area contributed by atoms with Crippen LogP contribution in [0, 0.1) is 6.42 Å². The molecule has 0 aromatic carbocycles. The maximum absolute atomic E-state index is 2.53. The van der Waals surface area contributed by atoms with Gasteiger partial charge in [-0.25, -0.2) is 0 Å². The van der Waals surface area contributed by atoms with Gasteiger partial charge in [-0.15, -0.1) is 0 Å². The quantitative estimate of drug-likeness (QED) is 0.421. The summed E-state index contributed by atoms with van der Waals surface area (Å²) in [4.78, 5) is 2.53.